The van der Waals surface area contributed by atoms with Crippen LogP contribution in [-0.4, -0.2) is 62.2 Å². The summed E-state index contributed by atoms with van der Waals surface area (Å²) in [5, 5.41) is 8.66. The maximum Gasteiger partial charge on any atom is 0.240 e. The lowest BCUT2D eigenvalue weighted by atomic mass is 10.2. The van der Waals surface area contributed by atoms with Crippen LogP contribution < -0.4 is 10.7 Å². The Morgan fingerprint density at radius 2 is 1.69 bits per heavy atom. The van der Waals surface area contributed by atoms with Crippen LogP contribution in [0, 0.1) is 0 Å². The van der Waals surface area contributed by atoms with Gasteiger partial charge in [0, 0.05) is 25.3 Å². The summed E-state index contributed by atoms with van der Waals surface area (Å²) < 4.78 is 1.34. The van der Waals surface area contributed by atoms with E-state index in [9.17, 15) is 9.59 Å². The van der Waals surface area contributed by atoms with Gasteiger partial charge >= 0.3 is 0 Å². The minimum Gasteiger partial charge on any atom is -0.343 e. The zero-order valence-corrected chi connectivity index (χ0v) is 18.9. The van der Waals surface area contributed by atoms with Gasteiger partial charge in [0.2, 0.25) is 22.1 Å². The third-order valence-electron chi connectivity index (χ3n) is 4.35. The third-order valence-corrected chi connectivity index (χ3v) is 6.33. The van der Waals surface area contributed by atoms with E-state index in [2.05, 4.69) is 10.2 Å². The number of carbonyl (C=O) groups excluding carboxylic acids is 2. The zero-order chi connectivity index (χ0) is 21.4. The average Bonchev–Trinajstić information content (AvgIpc) is 3.08. The molecule has 0 fully saturated rings. The number of rotatable bonds is 10. The number of benzene rings is 1. The van der Waals surface area contributed by atoms with Gasteiger partial charge in [-0.2, -0.15) is 0 Å². The van der Waals surface area contributed by atoms with E-state index in [0.29, 0.717) is 29.9 Å². The topological polar surface area (TPSA) is 97.4 Å². The molecule has 1 atom stereocenters. The smallest absolute Gasteiger partial charge is 0.240 e. The molecule has 10 heteroatoms. The van der Waals surface area contributed by atoms with Gasteiger partial charge < -0.3 is 15.6 Å². The summed E-state index contributed by atoms with van der Waals surface area (Å²) in [6, 6.07) is 9.55. The summed E-state index contributed by atoms with van der Waals surface area (Å²) in [5.74, 6) is 6.34. The summed E-state index contributed by atoms with van der Waals surface area (Å²) in [7, 11) is 0. The molecule has 158 valence electrons. The number of nitrogen functional groups attached to an aromatic ring is 1. The first-order valence-corrected chi connectivity index (χ1v) is 11.4. The minimum atomic E-state index is -0.392. The van der Waals surface area contributed by atoms with Crippen LogP contribution in [0.5, 0.6) is 0 Å². The van der Waals surface area contributed by atoms with Crippen LogP contribution >= 0.6 is 23.5 Å². The van der Waals surface area contributed by atoms with E-state index >= 15 is 0 Å². The van der Waals surface area contributed by atoms with E-state index < -0.39 is 5.25 Å². The lowest BCUT2D eigenvalue weighted by molar-refractivity contribution is -0.128. The molecule has 0 bridgehead atoms. The largest absolute Gasteiger partial charge is 0.343 e. The molecule has 0 saturated carbocycles. The van der Waals surface area contributed by atoms with E-state index in [1.165, 1.54) is 28.2 Å². The van der Waals surface area contributed by atoms with E-state index in [0.717, 1.165) is 5.69 Å². The van der Waals surface area contributed by atoms with Crippen molar-refractivity contribution in [2.75, 3.05) is 36.1 Å². The maximum absolute atomic E-state index is 12.9. The molecular weight excluding hydrogens is 408 g/mol. The second-order valence-electron chi connectivity index (χ2n) is 6.17. The Labute approximate surface area is 180 Å². The van der Waals surface area contributed by atoms with Crippen LogP contribution in [0.15, 0.2) is 40.6 Å². The van der Waals surface area contributed by atoms with Gasteiger partial charge in [0.05, 0.1) is 11.0 Å². The lowest BCUT2D eigenvalue weighted by Gasteiger charge is -2.24. The van der Waals surface area contributed by atoms with Crippen LogP contribution in [0.4, 0.5) is 5.69 Å². The molecule has 2 amide bonds. The van der Waals surface area contributed by atoms with Crippen LogP contribution in [0.3, 0.4) is 0 Å². The van der Waals surface area contributed by atoms with Gasteiger partial charge in [0.15, 0.2) is 0 Å². The van der Waals surface area contributed by atoms with Crippen molar-refractivity contribution in [3.63, 3.8) is 0 Å². The molecule has 29 heavy (non-hydrogen) atoms. The second kappa shape index (κ2) is 11.1. The van der Waals surface area contributed by atoms with Gasteiger partial charge in [-0.1, -0.05) is 41.7 Å². The number of carbonyl (C=O) groups is 2. The van der Waals surface area contributed by atoms with Crippen LogP contribution in [0.25, 0.3) is 0 Å². The number of hydrogen-bond donors (Lipinski definition) is 1. The molecule has 0 saturated heterocycles. The minimum absolute atomic E-state index is 0.0298. The number of anilines is 1. The van der Waals surface area contributed by atoms with Crippen molar-refractivity contribution in [2.45, 2.75) is 43.3 Å². The first-order valence-electron chi connectivity index (χ1n) is 9.56. The molecule has 8 nitrogen and oxygen atoms in total. The van der Waals surface area contributed by atoms with Crippen molar-refractivity contribution >= 4 is 41.0 Å². The molecule has 1 heterocycles. The first-order chi connectivity index (χ1) is 13.9. The number of aromatic nitrogens is 3. The van der Waals surface area contributed by atoms with Gasteiger partial charge in [0.1, 0.15) is 0 Å². The fraction of sp³-hybridized carbons (Fsp3) is 0.474. The third kappa shape index (κ3) is 5.89. The quantitative estimate of drug-likeness (QED) is 0.451. The van der Waals surface area contributed by atoms with Crippen LogP contribution in [-0.2, 0) is 9.59 Å². The predicted octanol–water partition coefficient (Wildman–Crippen LogP) is 2.49. The van der Waals surface area contributed by atoms with E-state index in [1.807, 2.05) is 58.0 Å². The maximum atomic E-state index is 12.9. The van der Waals surface area contributed by atoms with Crippen molar-refractivity contribution in [1.29, 1.82) is 0 Å². The normalized spacial score (nSPS) is 11.9. The van der Waals surface area contributed by atoms with Crippen molar-refractivity contribution in [1.82, 2.24) is 19.8 Å². The highest BCUT2D eigenvalue weighted by Crippen LogP contribution is 2.26. The van der Waals surface area contributed by atoms with Crippen molar-refractivity contribution in [2.24, 2.45) is 0 Å². The first kappa shape index (κ1) is 23.1. The van der Waals surface area contributed by atoms with Gasteiger partial charge in [0.25, 0.3) is 0 Å². The fourth-order valence-corrected chi connectivity index (χ4v) is 4.39. The Morgan fingerprint density at radius 1 is 1.07 bits per heavy atom. The number of nitrogens with two attached hydrogens (primary N) is 1. The standard InChI is InChI=1S/C19H28N6O2S2/c1-5-23(6-2)16(26)13-28-18-21-22-19(25(18)20)29-14(4)17(27)24(7-3)15-11-9-8-10-12-15/h8-12,14H,5-7,13,20H2,1-4H3. The molecule has 0 aliphatic heterocycles. The molecule has 0 aliphatic rings. The molecular formula is C19H28N6O2S2. The number of para-hydroxylation sites is 1. The monoisotopic (exact) mass is 436 g/mol. The zero-order valence-electron chi connectivity index (χ0n) is 17.2. The molecule has 0 radical (unpaired) electrons. The predicted molar refractivity (Wildman–Crippen MR) is 119 cm³/mol. The average molecular weight is 437 g/mol. The van der Waals surface area contributed by atoms with Gasteiger partial charge in [-0.15, -0.1) is 10.2 Å². The molecule has 1 aromatic heterocycles. The summed E-state index contributed by atoms with van der Waals surface area (Å²) in [6.07, 6.45) is 0. The number of hydrogen-bond acceptors (Lipinski definition) is 7. The Kier molecular flexibility index (Phi) is 8.84. The van der Waals surface area contributed by atoms with Crippen LogP contribution in [0.2, 0.25) is 0 Å². The van der Waals surface area contributed by atoms with Gasteiger partial charge in [-0.05, 0) is 39.8 Å². The van der Waals surface area contributed by atoms with E-state index in [-0.39, 0.29) is 17.6 Å². The summed E-state index contributed by atoms with van der Waals surface area (Å²) in [5.41, 5.74) is 0.854. The molecule has 1 unspecified atom stereocenters. The Balaban J connectivity index is 2.01. The Morgan fingerprint density at radius 3 is 2.28 bits per heavy atom. The van der Waals surface area contributed by atoms with Crippen molar-refractivity contribution in [3.8, 4) is 0 Å². The van der Waals surface area contributed by atoms with Crippen molar-refractivity contribution in [3.05, 3.63) is 30.3 Å². The second-order valence-corrected chi connectivity index (χ2v) is 8.42. The highest BCUT2D eigenvalue weighted by molar-refractivity contribution is 8.00. The van der Waals surface area contributed by atoms with Crippen molar-refractivity contribution < 1.29 is 9.59 Å². The molecule has 0 spiro atoms. The number of amides is 2. The molecule has 1 aromatic carbocycles. The number of nitrogens with zero attached hydrogens (tertiary/aromatic N) is 5. The molecule has 0 aliphatic carbocycles. The van der Waals surface area contributed by atoms with E-state index in [4.69, 9.17) is 5.84 Å². The van der Waals surface area contributed by atoms with Gasteiger partial charge in [-0.3, -0.25) is 9.59 Å². The summed E-state index contributed by atoms with van der Waals surface area (Å²) >= 11 is 2.49. The highest BCUT2D eigenvalue weighted by atomic mass is 32.2. The lowest BCUT2D eigenvalue weighted by Crippen LogP contribution is -2.36. The SMILES string of the molecule is CCN(CC)C(=O)CSc1nnc(SC(C)C(=O)N(CC)c2ccccc2)n1N. The highest BCUT2D eigenvalue weighted by Gasteiger charge is 2.24. The molecule has 2 aromatic rings. The Hall–Kier alpha value is -2.20. The summed E-state index contributed by atoms with van der Waals surface area (Å²) in [4.78, 5) is 28.5. The molecule has 2 N–H and O–H groups in total. The van der Waals surface area contributed by atoms with E-state index in [1.54, 1.807) is 9.80 Å². The molecule has 2 rings (SSSR count). The fourth-order valence-electron chi connectivity index (χ4n) is 2.74. The Bertz CT molecular complexity index is 810. The number of thioether (sulfide) groups is 2. The van der Waals surface area contributed by atoms with Crippen LogP contribution in [0.1, 0.15) is 27.7 Å². The van der Waals surface area contributed by atoms with Gasteiger partial charge in [-0.25, -0.2) is 4.68 Å². The summed E-state index contributed by atoms with van der Waals surface area (Å²) in [6.45, 7) is 9.55.